The fourth-order valence-electron chi connectivity index (χ4n) is 8.38. The van der Waals surface area contributed by atoms with Gasteiger partial charge in [-0.25, -0.2) is 0 Å². The molecule has 1 heterocycles. The molecule has 1 aromatic heterocycles. The average molecular weight is 772 g/mol. The van der Waals surface area contributed by atoms with Crippen LogP contribution in [0.3, 0.4) is 0 Å². The molecule has 9 aromatic carbocycles. The second-order valence-corrected chi connectivity index (χ2v) is 14.9. The van der Waals surface area contributed by atoms with Gasteiger partial charge in [-0.1, -0.05) is 165 Å². The highest BCUT2D eigenvalue weighted by Gasteiger charge is 2.35. The van der Waals surface area contributed by atoms with E-state index in [0.717, 1.165) is 49.7 Å². The van der Waals surface area contributed by atoms with Gasteiger partial charge in [0.1, 0.15) is 0 Å². The third-order valence-corrected chi connectivity index (χ3v) is 11.2. The Morgan fingerprint density at radius 2 is 1.08 bits per heavy atom. The Balaban J connectivity index is 1.21. The van der Waals surface area contributed by atoms with Crippen molar-refractivity contribution in [2.24, 2.45) is 0 Å². The van der Waals surface area contributed by atoms with Crippen molar-refractivity contribution in [2.75, 3.05) is 4.90 Å². The Kier molecular flexibility index (Phi) is 5.03. The van der Waals surface area contributed by atoms with Crippen LogP contribution in [0.25, 0.3) is 72.0 Å². The number of anilines is 3. The first-order valence-electron chi connectivity index (χ1n) is 27.6. The molecule has 11 rings (SSSR count). The topological polar surface area (TPSA) is 8.17 Å². The van der Waals surface area contributed by atoms with Gasteiger partial charge in [-0.2, -0.15) is 0 Å². The number of para-hydroxylation sites is 2. The smallest absolute Gasteiger partial charge is 0.0651 e. The van der Waals surface area contributed by atoms with Crippen molar-refractivity contribution in [3.8, 4) is 50.2 Å². The van der Waals surface area contributed by atoms with Crippen molar-refractivity contribution in [1.82, 2.24) is 4.57 Å². The van der Waals surface area contributed by atoms with Crippen LogP contribution < -0.4 is 4.90 Å². The van der Waals surface area contributed by atoms with Crippen LogP contribution in [-0.4, -0.2) is 4.57 Å². The summed E-state index contributed by atoms with van der Waals surface area (Å²) >= 11 is 0. The molecule has 0 saturated heterocycles. The molecule has 0 unspecified atom stereocenters. The highest BCUT2D eigenvalue weighted by Crippen LogP contribution is 2.51. The molecule has 0 spiro atoms. The Morgan fingerprint density at radius 3 is 1.90 bits per heavy atom. The van der Waals surface area contributed by atoms with E-state index in [9.17, 15) is 11.0 Å². The van der Waals surface area contributed by atoms with Crippen molar-refractivity contribution in [3.63, 3.8) is 0 Å². The van der Waals surface area contributed by atoms with Gasteiger partial charge in [0.2, 0.25) is 0 Å². The highest BCUT2D eigenvalue weighted by atomic mass is 15.1. The zero-order chi connectivity index (χ0) is 54.3. The van der Waals surface area contributed by atoms with Crippen LogP contribution in [0.1, 0.15) is 48.3 Å². The number of hydrogen-bond acceptors (Lipinski definition) is 1. The molecule has 0 amide bonds. The van der Waals surface area contributed by atoms with Crippen LogP contribution >= 0.6 is 0 Å². The summed E-state index contributed by atoms with van der Waals surface area (Å²) in [4.78, 5) is 1.21. The Morgan fingerprint density at radius 1 is 0.424 bits per heavy atom. The Bertz CT molecular complexity index is 4130. The third-order valence-electron chi connectivity index (χ3n) is 11.2. The first kappa shape index (κ1) is 21.4. The van der Waals surface area contributed by atoms with Crippen LogP contribution in [0.5, 0.6) is 0 Å². The first-order valence-corrected chi connectivity index (χ1v) is 19.1. The fraction of sp³-hybridized carbons (Fsp3) is 0.0526. The third kappa shape index (κ3) is 5.79. The molecule has 0 radical (unpaired) electrons. The lowest BCUT2D eigenvalue weighted by molar-refractivity contribution is 0.660. The summed E-state index contributed by atoms with van der Waals surface area (Å²) in [6.45, 7) is 4.05. The van der Waals surface area contributed by atoms with E-state index >= 15 is 0 Å². The van der Waals surface area contributed by atoms with Gasteiger partial charge in [-0.15, -0.1) is 0 Å². The van der Waals surface area contributed by atoms with E-state index in [2.05, 4.69) is 4.57 Å². The molecule has 0 N–H and O–H groups in total. The second kappa shape index (κ2) is 13.9. The molecule has 10 aromatic rings. The first-order chi connectivity index (χ1) is 36.1. The number of fused-ring (bicyclic) bond motifs is 6. The molecule has 2 nitrogen and oxygen atoms in total. The van der Waals surface area contributed by atoms with Gasteiger partial charge in [-0.05, 0) is 122 Å². The van der Waals surface area contributed by atoms with Crippen LogP contribution in [0.2, 0.25) is 0 Å². The molecule has 0 fully saturated rings. The molecular weight excluding hydrogens is 713 g/mol. The molecule has 0 bridgehead atoms. The summed E-state index contributed by atoms with van der Waals surface area (Å²) in [7, 11) is 0. The summed E-state index contributed by atoms with van der Waals surface area (Å²) < 4.78 is 158. The van der Waals surface area contributed by atoms with Gasteiger partial charge in [-0.3, -0.25) is 0 Å². The van der Waals surface area contributed by atoms with Crippen LogP contribution in [0.15, 0.2) is 218 Å². The summed E-state index contributed by atoms with van der Waals surface area (Å²) in [5, 5.41) is 1.64. The summed E-state index contributed by atoms with van der Waals surface area (Å²) in [6, 6.07) is 23.1. The van der Waals surface area contributed by atoms with E-state index in [-0.39, 0.29) is 16.9 Å². The average Bonchev–Trinajstić information content (AvgIpc) is 3.89. The van der Waals surface area contributed by atoms with Gasteiger partial charge < -0.3 is 9.47 Å². The highest BCUT2D eigenvalue weighted by molar-refractivity contribution is 6.10. The van der Waals surface area contributed by atoms with Crippen molar-refractivity contribution in [1.29, 1.82) is 0 Å². The maximum Gasteiger partial charge on any atom is 0.0651 e. The molecule has 1 aliphatic carbocycles. The lowest BCUT2D eigenvalue weighted by atomic mass is 9.82. The van der Waals surface area contributed by atoms with Crippen molar-refractivity contribution >= 4 is 38.9 Å². The minimum atomic E-state index is -0.867. The maximum absolute atomic E-state index is 10.1. The fourth-order valence-corrected chi connectivity index (χ4v) is 8.38. The largest absolute Gasteiger partial charge is 0.310 e. The number of rotatable bonds is 7. The van der Waals surface area contributed by atoms with Gasteiger partial charge in [0.15, 0.2) is 0 Å². The lowest BCUT2D eigenvalue weighted by Gasteiger charge is -2.28. The molecular formula is C57H42N2. The Labute approximate surface area is 369 Å². The maximum atomic E-state index is 10.1. The molecule has 59 heavy (non-hydrogen) atoms. The number of hydrogen-bond donors (Lipinski definition) is 0. The summed E-state index contributed by atoms with van der Waals surface area (Å²) in [5.41, 5.74) is 2.57. The number of benzene rings is 9. The standard InChI is InChI=1S/C57H42N2/c1-57(2)53-26-13-11-24-49(53)50-34-33-46(38-54(50)57)58(44-31-28-40(29-32-44)48-23-10-9-22-47(48)39-16-5-3-6-17-39)45-21-15-18-41(36-45)42-30-35-56-52(37-42)51-25-12-14-27-55(51)59(56)43-19-7-4-8-20-43/h3-38H,1-2H3/i3D,5D,6D,9D,10D,15D,16D,17D,18D,21D,22D,23D,28D,29D,31D,32D,36D. The van der Waals surface area contributed by atoms with E-state index in [1.807, 2.05) is 111 Å². The van der Waals surface area contributed by atoms with Crippen LogP contribution in [0, 0.1) is 0 Å². The van der Waals surface area contributed by atoms with Gasteiger partial charge >= 0.3 is 0 Å². The second-order valence-electron chi connectivity index (χ2n) is 14.9. The van der Waals surface area contributed by atoms with Crippen molar-refractivity contribution in [2.45, 2.75) is 19.3 Å². The number of nitrogens with zero attached hydrogens (tertiary/aromatic N) is 2. The van der Waals surface area contributed by atoms with Gasteiger partial charge in [0, 0.05) is 38.9 Å². The SMILES string of the molecule is [2H]c1c([2H])c([2H])c(-c2c([2H])c([2H])c([2H])c([2H])c2-c2c([2H])c([2H])c(N(c3ccc4c(c3)C(C)(C)c3ccccc3-4)c3c([2H])c([2H])c([2H])c(-c4ccc5c(c4)c4ccccc4n5-c4ccccc4)c3[2H])c([2H])c2[2H])c([2H])c1[2H]. The molecule has 280 valence electrons. The van der Waals surface area contributed by atoms with Crippen LogP contribution in [-0.2, 0) is 5.41 Å². The van der Waals surface area contributed by atoms with Gasteiger partial charge in [0.25, 0.3) is 0 Å². The predicted octanol–water partition coefficient (Wildman–Crippen LogP) is 15.6. The van der Waals surface area contributed by atoms with E-state index in [4.69, 9.17) is 12.3 Å². The lowest BCUT2D eigenvalue weighted by Crippen LogP contribution is -2.16. The van der Waals surface area contributed by atoms with E-state index < -0.39 is 136 Å². The zero-order valence-electron chi connectivity index (χ0n) is 48.9. The van der Waals surface area contributed by atoms with Crippen molar-refractivity contribution in [3.05, 3.63) is 229 Å². The minimum absolute atomic E-state index is 0.0521. The molecule has 1 aliphatic rings. The van der Waals surface area contributed by atoms with Crippen LogP contribution in [0.4, 0.5) is 17.1 Å². The Hall–Kier alpha value is -7.42. The summed E-state index contributed by atoms with van der Waals surface area (Å²) in [6.07, 6.45) is 0. The number of aromatic nitrogens is 1. The molecule has 0 saturated carbocycles. The molecule has 2 heteroatoms. The quantitative estimate of drug-likeness (QED) is 0.157. The monoisotopic (exact) mass is 771 g/mol. The molecule has 0 aliphatic heterocycles. The predicted molar refractivity (Wildman–Crippen MR) is 249 cm³/mol. The minimum Gasteiger partial charge on any atom is -0.310 e. The summed E-state index contributed by atoms with van der Waals surface area (Å²) in [5.74, 6) is 0. The van der Waals surface area contributed by atoms with Gasteiger partial charge in [0.05, 0.1) is 34.3 Å². The van der Waals surface area contributed by atoms with E-state index in [1.54, 1.807) is 18.2 Å². The zero-order valence-corrected chi connectivity index (χ0v) is 31.9. The van der Waals surface area contributed by atoms with E-state index in [1.165, 1.54) is 4.90 Å². The van der Waals surface area contributed by atoms with Crippen molar-refractivity contribution < 1.29 is 23.3 Å². The van der Waals surface area contributed by atoms with E-state index in [0.29, 0.717) is 5.56 Å². The molecule has 0 atom stereocenters. The normalized spacial score (nSPS) is 16.7.